The van der Waals surface area contributed by atoms with E-state index < -0.39 is 6.92 Å². The van der Waals surface area contributed by atoms with Gasteiger partial charge in [-0.15, -0.1) is 0 Å². The molecule has 0 saturated carbocycles. The average Bonchev–Trinajstić information content (AvgIpc) is 3.13. The second kappa shape index (κ2) is 14.5. The van der Waals surface area contributed by atoms with Crippen molar-refractivity contribution in [3.05, 3.63) is 156 Å². The molecular weight excluding hydrogens is 651 g/mol. The Bertz CT molecular complexity index is 1900. The van der Waals surface area contributed by atoms with Crippen LogP contribution in [0.1, 0.15) is 105 Å². The molecule has 0 atom stereocenters. The van der Waals surface area contributed by atoms with Gasteiger partial charge in [-0.3, -0.25) is 0 Å². The summed E-state index contributed by atoms with van der Waals surface area (Å²) in [6.45, 7) is 26.1. The quantitative estimate of drug-likeness (QED) is 0.171. The molecule has 0 heterocycles. The highest BCUT2D eigenvalue weighted by molar-refractivity contribution is 6.83. The van der Waals surface area contributed by atoms with Gasteiger partial charge in [0.2, 0.25) is 0 Å². The Morgan fingerprint density at radius 2 is 0.481 bits per heavy atom. The zero-order valence-corrected chi connectivity index (χ0v) is 34.7. The van der Waals surface area contributed by atoms with Crippen molar-refractivity contribution in [2.75, 3.05) is 0 Å². The van der Waals surface area contributed by atoms with E-state index in [1.54, 1.807) is 0 Å². The first-order valence-corrected chi connectivity index (χ1v) is 19.6. The van der Waals surface area contributed by atoms with Crippen molar-refractivity contribution in [2.24, 2.45) is 0 Å². The van der Waals surface area contributed by atoms with Gasteiger partial charge >= 0.3 is 6.92 Å². The summed E-state index contributed by atoms with van der Waals surface area (Å²) >= 11 is 0. The highest BCUT2D eigenvalue weighted by atomic mass is 16.2. The van der Waals surface area contributed by atoms with Crippen LogP contribution in [0.4, 0.5) is 0 Å². The summed E-state index contributed by atoms with van der Waals surface area (Å²) in [6.07, 6.45) is 0. The molecule has 6 aromatic carbocycles. The second-order valence-electron chi connectivity index (χ2n) is 19.2. The van der Waals surface area contributed by atoms with Crippen LogP contribution < -0.4 is 10.9 Å². The minimum absolute atomic E-state index is 0.0381. The molecule has 276 valence electrons. The van der Waals surface area contributed by atoms with Crippen LogP contribution in [0.2, 0.25) is 0 Å². The van der Waals surface area contributed by atoms with Crippen LogP contribution in [-0.4, -0.2) is 11.9 Å². The molecule has 2 heteroatoms. The third-order valence-electron chi connectivity index (χ3n) is 11.0. The first-order valence-electron chi connectivity index (χ1n) is 19.6. The van der Waals surface area contributed by atoms with Gasteiger partial charge in [0.1, 0.15) is 0 Å². The van der Waals surface area contributed by atoms with Crippen molar-refractivity contribution < 1.29 is 5.02 Å². The lowest BCUT2D eigenvalue weighted by Gasteiger charge is -2.25. The topological polar surface area (TPSA) is 20.2 Å². The number of benzene rings is 6. The largest absolute Gasteiger partial charge is 0.443 e. The average molecular weight is 711 g/mol. The van der Waals surface area contributed by atoms with E-state index in [1.807, 2.05) is 0 Å². The Morgan fingerprint density at radius 3 is 0.648 bits per heavy atom. The molecule has 0 aliphatic carbocycles. The van der Waals surface area contributed by atoms with Gasteiger partial charge in [-0.1, -0.05) is 217 Å². The highest BCUT2D eigenvalue weighted by Crippen LogP contribution is 2.34. The van der Waals surface area contributed by atoms with Crippen molar-refractivity contribution in [1.29, 1.82) is 0 Å². The lowest BCUT2D eigenvalue weighted by molar-refractivity contribution is 0.590. The maximum absolute atomic E-state index is 13.3. The third kappa shape index (κ3) is 8.20. The molecule has 1 nitrogen and oxygen atoms in total. The van der Waals surface area contributed by atoms with E-state index in [0.29, 0.717) is 0 Å². The highest BCUT2D eigenvalue weighted by Gasteiger charge is 2.31. The first kappa shape index (κ1) is 39.1. The van der Waals surface area contributed by atoms with Crippen molar-refractivity contribution in [1.82, 2.24) is 0 Å². The molecule has 0 spiro atoms. The van der Waals surface area contributed by atoms with E-state index >= 15 is 0 Å². The van der Waals surface area contributed by atoms with E-state index in [0.717, 1.165) is 55.4 Å². The van der Waals surface area contributed by atoms with Crippen LogP contribution in [0.25, 0.3) is 44.5 Å². The predicted molar refractivity (Wildman–Crippen MR) is 237 cm³/mol. The molecule has 0 aliphatic rings. The summed E-state index contributed by atoms with van der Waals surface area (Å²) in [7, 11) is 0. The second-order valence-corrected chi connectivity index (χ2v) is 19.2. The normalized spacial score (nSPS) is 12.5. The van der Waals surface area contributed by atoms with Crippen molar-refractivity contribution in [2.45, 2.75) is 105 Å². The Hall–Kier alpha value is -4.66. The van der Waals surface area contributed by atoms with E-state index in [9.17, 15) is 5.02 Å². The molecule has 0 fully saturated rings. The van der Waals surface area contributed by atoms with Gasteiger partial charge in [0, 0.05) is 0 Å². The summed E-state index contributed by atoms with van der Waals surface area (Å²) < 4.78 is 0. The lowest BCUT2D eigenvalue weighted by atomic mass is 9.49. The van der Waals surface area contributed by atoms with Gasteiger partial charge in [-0.25, -0.2) is 0 Å². The Labute approximate surface area is 326 Å². The zero-order valence-electron chi connectivity index (χ0n) is 34.7. The lowest BCUT2D eigenvalue weighted by Crippen LogP contribution is -2.46. The fourth-order valence-corrected chi connectivity index (χ4v) is 7.47. The van der Waals surface area contributed by atoms with Crippen LogP contribution in [0.15, 0.2) is 133 Å². The molecule has 54 heavy (non-hydrogen) atoms. The molecule has 0 radical (unpaired) electrons. The Balaban J connectivity index is 1.64. The molecule has 0 amide bonds. The predicted octanol–water partition coefficient (Wildman–Crippen LogP) is 12.6. The van der Waals surface area contributed by atoms with E-state index in [-0.39, 0.29) is 21.7 Å². The van der Waals surface area contributed by atoms with E-state index in [1.165, 1.54) is 22.3 Å². The first-order chi connectivity index (χ1) is 25.2. The van der Waals surface area contributed by atoms with Crippen LogP contribution in [0, 0.1) is 0 Å². The zero-order chi connectivity index (χ0) is 39.2. The molecule has 0 aromatic heterocycles. The van der Waals surface area contributed by atoms with Crippen LogP contribution in [0.3, 0.4) is 0 Å². The molecule has 1 N–H and O–H groups in total. The standard InChI is InChI=1S/C52H59BO/c1-49(2,3)39-27-19-35(20-28-39)43-15-13-16-44(36-21-29-40(30-22-36)50(4,5)6)47(43)53(54)48-45(37-23-31-41(32-24-37)51(7,8)9)17-14-18-46(48)38-25-33-42(34-26-38)52(10,11)12/h13-34,54H,1-12H3. The molecule has 0 aliphatic heterocycles. The minimum Gasteiger partial charge on any atom is -0.443 e. The Morgan fingerprint density at radius 1 is 0.296 bits per heavy atom. The fourth-order valence-electron chi connectivity index (χ4n) is 7.47. The van der Waals surface area contributed by atoms with Crippen LogP contribution >= 0.6 is 0 Å². The molecule has 0 unspecified atom stereocenters. The van der Waals surface area contributed by atoms with Gasteiger partial charge < -0.3 is 5.02 Å². The number of rotatable bonds is 6. The van der Waals surface area contributed by atoms with Gasteiger partial charge in [0.05, 0.1) is 0 Å². The van der Waals surface area contributed by atoms with Crippen LogP contribution in [0.5, 0.6) is 0 Å². The van der Waals surface area contributed by atoms with E-state index in [2.05, 4.69) is 217 Å². The van der Waals surface area contributed by atoms with Crippen molar-refractivity contribution >= 4 is 17.8 Å². The van der Waals surface area contributed by atoms with E-state index in [4.69, 9.17) is 0 Å². The van der Waals surface area contributed by atoms with Crippen LogP contribution in [-0.2, 0) is 21.7 Å². The monoisotopic (exact) mass is 710 g/mol. The molecule has 0 saturated heterocycles. The summed E-state index contributed by atoms with van der Waals surface area (Å²) in [6, 6.07) is 48.7. The summed E-state index contributed by atoms with van der Waals surface area (Å²) in [5.74, 6) is 0. The SMILES string of the molecule is CC(C)(C)c1ccc(-c2cccc(-c3ccc(C(C)(C)C)cc3)c2B(O)c2c(-c3ccc(C(C)(C)C)cc3)cccc2-c2ccc(C(C)(C)C)cc2)cc1. The van der Waals surface area contributed by atoms with Gasteiger partial charge in [-0.2, -0.15) is 0 Å². The summed E-state index contributed by atoms with van der Waals surface area (Å²) in [5.41, 5.74) is 15.6. The smallest absolute Gasteiger partial charge is 0.361 e. The maximum Gasteiger partial charge on any atom is 0.361 e. The summed E-state index contributed by atoms with van der Waals surface area (Å²) in [5, 5.41) is 13.3. The van der Waals surface area contributed by atoms with Gasteiger partial charge in [0.15, 0.2) is 0 Å². The van der Waals surface area contributed by atoms with Crippen molar-refractivity contribution in [3.63, 3.8) is 0 Å². The molecule has 6 rings (SSSR count). The van der Waals surface area contributed by atoms with Crippen molar-refractivity contribution in [3.8, 4) is 44.5 Å². The third-order valence-corrected chi connectivity index (χ3v) is 11.0. The van der Waals surface area contributed by atoms with Gasteiger partial charge in [0.25, 0.3) is 0 Å². The Kier molecular flexibility index (Phi) is 10.5. The molecular formula is C52H59BO. The minimum atomic E-state index is -0.934. The number of hydrogen-bond acceptors (Lipinski definition) is 1. The summed E-state index contributed by atoms with van der Waals surface area (Å²) in [4.78, 5) is 0. The molecule has 0 bridgehead atoms. The van der Waals surface area contributed by atoms with Gasteiger partial charge in [-0.05, 0) is 99.3 Å². The number of hydrogen-bond donors (Lipinski definition) is 1. The fraction of sp³-hybridized carbons (Fsp3) is 0.308. The molecule has 6 aromatic rings. The maximum atomic E-state index is 13.3.